The van der Waals surface area contributed by atoms with E-state index in [0.29, 0.717) is 12.5 Å². The number of hydrogen-bond acceptors (Lipinski definition) is 3. The van der Waals surface area contributed by atoms with Crippen LogP contribution in [-0.2, 0) is 17.6 Å². The number of nitrogens with zero attached hydrogens (tertiary/aromatic N) is 2. The number of likely N-dealkylation sites (tertiary alicyclic amines) is 1. The van der Waals surface area contributed by atoms with Crippen LogP contribution in [0.5, 0.6) is 5.75 Å². The van der Waals surface area contributed by atoms with Crippen molar-refractivity contribution in [2.24, 2.45) is 11.8 Å². The summed E-state index contributed by atoms with van der Waals surface area (Å²) in [7, 11) is 1.93. The number of rotatable bonds is 6. The topological polar surface area (TPSA) is 32.8 Å². The van der Waals surface area contributed by atoms with E-state index in [1.165, 1.54) is 17.7 Å². The van der Waals surface area contributed by atoms with Crippen molar-refractivity contribution >= 4 is 5.91 Å². The van der Waals surface area contributed by atoms with Gasteiger partial charge < -0.3 is 14.5 Å². The van der Waals surface area contributed by atoms with E-state index in [9.17, 15) is 9.18 Å². The highest BCUT2D eigenvalue weighted by Crippen LogP contribution is 2.28. The zero-order valence-electron chi connectivity index (χ0n) is 17.7. The second-order valence-corrected chi connectivity index (χ2v) is 8.70. The Bertz CT molecular complexity index is 846. The minimum absolute atomic E-state index is 0.0827. The molecule has 2 aliphatic heterocycles. The molecule has 4 rings (SSSR count). The van der Waals surface area contributed by atoms with Gasteiger partial charge in [-0.05, 0) is 74.0 Å². The average Bonchev–Trinajstić information content (AvgIpc) is 2.79. The van der Waals surface area contributed by atoms with Crippen molar-refractivity contribution in [2.45, 2.75) is 25.7 Å². The molecule has 0 N–H and O–H groups in total. The third kappa shape index (κ3) is 5.20. The zero-order valence-corrected chi connectivity index (χ0v) is 17.7. The van der Waals surface area contributed by atoms with Gasteiger partial charge in [0, 0.05) is 20.1 Å². The number of carbonyl (C=O) groups excluding carboxylic acids is 1. The SMILES string of the molecule is CN(CC1CCN(CCc2ccc(F)cc2)CC1)C(=O)[C@H]1COc2ccccc2C1. The van der Waals surface area contributed by atoms with E-state index in [1.54, 1.807) is 0 Å². The first-order valence-corrected chi connectivity index (χ1v) is 11.0. The van der Waals surface area contributed by atoms with Crippen LogP contribution in [-0.4, -0.2) is 55.5 Å². The van der Waals surface area contributed by atoms with Crippen LogP contribution in [0.3, 0.4) is 0 Å². The predicted octanol–water partition coefficient (Wildman–Crippen LogP) is 3.79. The normalized spacial score (nSPS) is 19.7. The smallest absolute Gasteiger partial charge is 0.229 e. The van der Waals surface area contributed by atoms with E-state index >= 15 is 0 Å². The maximum atomic E-state index is 13.0. The van der Waals surface area contributed by atoms with Gasteiger partial charge in [-0.1, -0.05) is 30.3 Å². The van der Waals surface area contributed by atoms with Crippen molar-refractivity contribution in [3.63, 3.8) is 0 Å². The Balaban J connectivity index is 1.20. The van der Waals surface area contributed by atoms with Gasteiger partial charge in [0.1, 0.15) is 18.2 Å². The summed E-state index contributed by atoms with van der Waals surface area (Å²) >= 11 is 0. The largest absolute Gasteiger partial charge is 0.492 e. The Morgan fingerprint density at radius 2 is 1.87 bits per heavy atom. The number of piperidine rings is 1. The first-order chi connectivity index (χ1) is 14.6. The number of ether oxygens (including phenoxy) is 1. The van der Waals surface area contributed by atoms with Crippen molar-refractivity contribution in [1.29, 1.82) is 0 Å². The Hall–Kier alpha value is -2.40. The number of fused-ring (bicyclic) bond motifs is 1. The summed E-state index contributed by atoms with van der Waals surface area (Å²) in [5.41, 5.74) is 2.31. The van der Waals surface area contributed by atoms with Crippen LogP contribution < -0.4 is 4.74 Å². The van der Waals surface area contributed by atoms with Crippen LogP contribution in [0.15, 0.2) is 48.5 Å². The van der Waals surface area contributed by atoms with Crippen LogP contribution in [0.1, 0.15) is 24.0 Å². The number of amides is 1. The van der Waals surface area contributed by atoms with Gasteiger partial charge >= 0.3 is 0 Å². The van der Waals surface area contributed by atoms with Crippen molar-refractivity contribution in [3.8, 4) is 5.75 Å². The van der Waals surface area contributed by atoms with Gasteiger partial charge in [0.25, 0.3) is 0 Å². The molecule has 0 bridgehead atoms. The van der Waals surface area contributed by atoms with Crippen molar-refractivity contribution in [3.05, 3.63) is 65.5 Å². The lowest BCUT2D eigenvalue weighted by molar-refractivity contribution is -0.136. The van der Waals surface area contributed by atoms with Crippen LogP contribution in [0.2, 0.25) is 0 Å². The van der Waals surface area contributed by atoms with E-state index in [-0.39, 0.29) is 17.6 Å². The highest BCUT2D eigenvalue weighted by atomic mass is 19.1. The molecule has 2 heterocycles. The van der Waals surface area contributed by atoms with Gasteiger partial charge in [-0.15, -0.1) is 0 Å². The minimum Gasteiger partial charge on any atom is -0.492 e. The van der Waals surface area contributed by atoms with Crippen LogP contribution in [0.4, 0.5) is 4.39 Å². The molecule has 160 valence electrons. The lowest BCUT2D eigenvalue weighted by atomic mass is 9.93. The number of hydrogen-bond donors (Lipinski definition) is 0. The fourth-order valence-corrected chi connectivity index (χ4v) is 4.61. The number of benzene rings is 2. The van der Waals surface area contributed by atoms with Crippen molar-refractivity contribution in [1.82, 2.24) is 9.80 Å². The summed E-state index contributed by atoms with van der Waals surface area (Å²) < 4.78 is 18.8. The van der Waals surface area contributed by atoms with Gasteiger partial charge in [-0.2, -0.15) is 0 Å². The molecule has 1 amide bonds. The van der Waals surface area contributed by atoms with Crippen molar-refractivity contribution < 1.29 is 13.9 Å². The third-order valence-electron chi connectivity index (χ3n) is 6.47. The molecule has 4 nitrogen and oxygen atoms in total. The van der Waals surface area contributed by atoms with Crippen LogP contribution >= 0.6 is 0 Å². The molecule has 1 saturated heterocycles. The van der Waals surface area contributed by atoms with Gasteiger partial charge in [0.2, 0.25) is 5.91 Å². The maximum Gasteiger partial charge on any atom is 0.229 e. The molecule has 0 aliphatic carbocycles. The quantitative estimate of drug-likeness (QED) is 0.726. The first-order valence-electron chi connectivity index (χ1n) is 11.0. The molecule has 0 radical (unpaired) electrons. The zero-order chi connectivity index (χ0) is 20.9. The van der Waals surface area contributed by atoms with Gasteiger partial charge in [0.05, 0.1) is 5.92 Å². The third-order valence-corrected chi connectivity index (χ3v) is 6.47. The lowest BCUT2D eigenvalue weighted by Gasteiger charge is -2.35. The fraction of sp³-hybridized carbons (Fsp3) is 0.480. The highest BCUT2D eigenvalue weighted by molar-refractivity contribution is 5.79. The summed E-state index contributed by atoms with van der Waals surface area (Å²) in [4.78, 5) is 17.3. The van der Waals surface area contributed by atoms with E-state index in [2.05, 4.69) is 11.0 Å². The first kappa shape index (κ1) is 20.9. The van der Waals surface area contributed by atoms with E-state index in [1.807, 2.05) is 42.3 Å². The summed E-state index contributed by atoms with van der Waals surface area (Å²) in [6.07, 6.45) is 3.95. The fourth-order valence-electron chi connectivity index (χ4n) is 4.61. The Kier molecular flexibility index (Phi) is 6.68. The molecule has 30 heavy (non-hydrogen) atoms. The van der Waals surface area contributed by atoms with E-state index in [0.717, 1.165) is 63.2 Å². The molecule has 5 heteroatoms. The van der Waals surface area contributed by atoms with Crippen molar-refractivity contribution in [2.75, 3.05) is 39.8 Å². The molecule has 2 aliphatic rings. The summed E-state index contributed by atoms with van der Waals surface area (Å²) in [6.45, 7) is 4.43. The molecular formula is C25H31FN2O2. The molecule has 2 aromatic rings. The van der Waals surface area contributed by atoms with Crippen LogP contribution in [0, 0.1) is 17.7 Å². The summed E-state index contributed by atoms with van der Waals surface area (Å²) in [5, 5.41) is 0. The van der Waals surface area contributed by atoms with Crippen LogP contribution in [0.25, 0.3) is 0 Å². The number of halogens is 1. The number of carbonyl (C=O) groups is 1. The van der Waals surface area contributed by atoms with Gasteiger partial charge in [-0.3, -0.25) is 4.79 Å². The molecule has 2 aromatic carbocycles. The minimum atomic E-state index is -0.178. The average molecular weight is 411 g/mol. The second kappa shape index (κ2) is 9.61. The molecule has 1 atom stereocenters. The molecule has 0 aromatic heterocycles. The molecule has 0 spiro atoms. The van der Waals surface area contributed by atoms with E-state index in [4.69, 9.17) is 4.74 Å². The number of para-hydroxylation sites is 1. The summed E-state index contributed by atoms with van der Waals surface area (Å²) in [5.74, 6) is 1.40. The van der Waals surface area contributed by atoms with Gasteiger partial charge in [-0.25, -0.2) is 4.39 Å². The lowest BCUT2D eigenvalue weighted by Crippen LogP contribution is -2.43. The Labute approximate surface area is 178 Å². The maximum absolute atomic E-state index is 13.0. The molecule has 1 fully saturated rings. The highest BCUT2D eigenvalue weighted by Gasteiger charge is 2.29. The predicted molar refractivity (Wildman–Crippen MR) is 116 cm³/mol. The molecule has 0 unspecified atom stereocenters. The standard InChI is InChI=1S/C25H31FN2O2/c1-27(25(29)22-16-21-4-2-3-5-24(21)30-18-22)17-20-11-14-28(15-12-20)13-10-19-6-8-23(26)9-7-19/h2-9,20,22H,10-18H2,1H3/t22-/m1/s1. The van der Waals surface area contributed by atoms with E-state index < -0.39 is 0 Å². The monoisotopic (exact) mass is 410 g/mol. The van der Waals surface area contributed by atoms with Gasteiger partial charge in [0.15, 0.2) is 0 Å². The summed E-state index contributed by atoms with van der Waals surface area (Å²) in [6, 6.07) is 14.8. The Morgan fingerprint density at radius 1 is 1.13 bits per heavy atom. The molecule has 0 saturated carbocycles. The Morgan fingerprint density at radius 3 is 2.63 bits per heavy atom. The molecular weight excluding hydrogens is 379 g/mol. The second-order valence-electron chi connectivity index (χ2n) is 8.70.